The number of rotatable bonds is 7. The van der Waals surface area contributed by atoms with E-state index in [-0.39, 0.29) is 11.7 Å². The van der Waals surface area contributed by atoms with Crippen LogP contribution in [0.1, 0.15) is 17.0 Å². The quantitative estimate of drug-likeness (QED) is 0.283. The molecule has 2 aromatic carbocycles. The average Bonchev–Trinajstić information content (AvgIpc) is 2.67. The zero-order valence-electron chi connectivity index (χ0n) is 15.6. The molecule has 0 saturated carbocycles. The Hall–Kier alpha value is -3.19. The Balaban J connectivity index is 1.51. The lowest BCUT2D eigenvalue weighted by atomic mass is 10.2. The van der Waals surface area contributed by atoms with Gasteiger partial charge in [0.2, 0.25) is 0 Å². The number of para-hydroxylation sites is 1. The largest absolute Gasteiger partial charge is 0.457 e. The van der Waals surface area contributed by atoms with E-state index in [0.717, 1.165) is 22.7 Å². The molecule has 1 amide bonds. The standard InChI is InChI=1S/C21H20N4O2S/c1-15-11-16(2)24-21(23-15)28-14-20(26)25-22-13-17-7-6-10-19(12-17)27-18-8-4-3-5-9-18/h3-13H,14H2,1-2H3,(H,25,26)/b22-13-. The smallest absolute Gasteiger partial charge is 0.250 e. The fraction of sp³-hybridized carbons (Fsp3) is 0.143. The van der Waals surface area contributed by atoms with Crippen LogP contribution in [0.2, 0.25) is 0 Å². The molecule has 0 bridgehead atoms. The summed E-state index contributed by atoms with van der Waals surface area (Å²) >= 11 is 1.28. The molecule has 0 saturated heterocycles. The van der Waals surface area contributed by atoms with E-state index in [2.05, 4.69) is 20.5 Å². The van der Waals surface area contributed by atoms with Gasteiger partial charge in [-0.1, -0.05) is 42.1 Å². The van der Waals surface area contributed by atoms with E-state index in [0.29, 0.717) is 10.9 Å². The first kappa shape index (κ1) is 19.6. The van der Waals surface area contributed by atoms with Crippen molar-refractivity contribution in [1.29, 1.82) is 0 Å². The van der Waals surface area contributed by atoms with Crippen molar-refractivity contribution in [2.24, 2.45) is 5.10 Å². The van der Waals surface area contributed by atoms with Crippen LogP contribution >= 0.6 is 11.8 Å². The minimum absolute atomic E-state index is 0.192. The van der Waals surface area contributed by atoms with Gasteiger partial charge in [-0.05, 0) is 49.7 Å². The van der Waals surface area contributed by atoms with Crippen molar-refractivity contribution in [3.05, 3.63) is 77.6 Å². The van der Waals surface area contributed by atoms with Crippen LogP contribution in [0.4, 0.5) is 0 Å². The molecule has 0 spiro atoms. The molecular formula is C21H20N4O2S. The predicted molar refractivity (Wildman–Crippen MR) is 111 cm³/mol. The third-order valence-corrected chi connectivity index (χ3v) is 4.38. The molecule has 0 aliphatic rings. The van der Waals surface area contributed by atoms with Gasteiger partial charge in [-0.15, -0.1) is 0 Å². The number of benzene rings is 2. The molecule has 1 aromatic heterocycles. The third-order valence-electron chi connectivity index (χ3n) is 3.53. The summed E-state index contributed by atoms with van der Waals surface area (Å²) in [5.41, 5.74) is 5.09. The van der Waals surface area contributed by atoms with Gasteiger partial charge in [-0.25, -0.2) is 15.4 Å². The molecule has 7 heteroatoms. The summed E-state index contributed by atoms with van der Waals surface area (Å²) < 4.78 is 5.79. The number of ether oxygens (including phenoxy) is 1. The zero-order valence-corrected chi connectivity index (χ0v) is 16.4. The summed E-state index contributed by atoms with van der Waals surface area (Å²) in [6, 6.07) is 18.9. The number of nitrogens with zero attached hydrogens (tertiary/aromatic N) is 3. The third kappa shape index (κ3) is 6.21. The van der Waals surface area contributed by atoms with E-state index in [1.807, 2.05) is 74.5 Å². The fourth-order valence-corrected chi connectivity index (χ4v) is 3.12. The number of hydrogen-bond acceptors (Lipinski definition) is 6. The summed E-state index contributed by atoms with van der Waals surface area (Å²) in [6.07, 6.45) is 1.58. The Kier molecular flexibility index (Phi) is 6.75. The maximum atomic E-state index is 12.0. The van der Waals surface area contributed by atoms with Gasteiger partial charge in [-0.3, -0.25) is 4.79 Å². The van der Waals surface area contributed by atoms with E-state index in [4.69, 9.17) is 4.74 Å². The molecule has 0 aliphatic carbocycles. The minimum Gasteiger partial charge on any atom is -0.457 e. The van der Waals surface area contributed by atoms with Gasteiger partial charge in [0, 0.05) is 11.4 Å². The van der Waals surface area contributed by atoms with Gasteiger partial charge in [0.25, 0.3) is 5.91 Å². The van der Waals surface area contributed by atoms with E-state index in [1.54, 1.807) is 6.21 Å². The van der Waals surface area contributed by atoms with Crippen molar-refractivity contribution in [2.45, 2.75) is 19.0 Å². The van der Waals surface area contributed by atoms with Crippen LogP contribution in [0.3, 0.4) is 0 Å². The molecule has 3 aromatic rings. The summed E-state index contributed by atoms with van der Waals surface area (Å²) in [6.45, 7) is 3.80. The number of nitrogens with one attached hydrogen (secondary N) is 1. The number of thioether (sulfide) groups is 1. The molecule has 0 radical (unpaired) electrons. The maximum absolute atomic E-state index is 12.0. The van der Waals surface area contributed by atoms with Gasteiger partial charge in [0.1, 0.15) is 11.5 Å². The number of aromatic nitrogens is 2. The highest BCUT2D eigenvalue weighted by atomic mass is 32.2. The number of carbonyl (C=O) groups is 1. The van der Waals surface area contributed by atoms with Gasteiger partial charge in [0.15, 0.2) is 5.16 Å². The topological polar surface area (TPSA) is 76.5 Å². The average molecular weight is 392 g/mol. The molecule has 0 atom stereocenters. The molecule has 0 aliphatic heterocycles. The lowest BCUT2D eigenvalue weighted by Crippen LogP contribution is -2.19. The number of aryl methyl sites for hydroxylation is 2. The Morgan fingerprint density at radius 2 is 1.75 bits per heavy atom. The SMILES string of the molecule is Cc1cc(C)nc(SCC(=O)N/N=C\c2cccc(Oc3ccccc3)c2)n1. The first-order chi connectivity index (χ1) is 13.6. The summed E-state index contributed by atoms with van der Waals surface area (Å²) in [4.78, 5) is 20.6. The van der Waals surface area contributed by atoms with Gasteiger partial charge in [0.05, 0.1) is 12.0 Å². The maximum Gasteiger partial charge on any atom is 0.250 e. The van der Waals surface area contributed by atoms with Crippen LogP contribution in [0, 0.1) is 13.8 Å². The van der Waals surface area contributed by atoms with Gasteiger partial charge >= 0.3 is 0 Å². The van der Waals surface area contributed by atoms with E-state index < -0.39 is 0 Å². The summed E-state index contributed by atoms with van der Waals surface area (Å²) in [5, 5.41) is 4.59. The monoisotopic (exact) mass is 392 g/mol. The minimum atomic E-state index is -0.222. The summed E-state index contributed by atoms with van der Waals surface area (Å²) in [7, 11) is 0. The Labute approximate surface area is 168 Å². The first-order valence-electron chi connectivity index (χ1n) is 8.68. The Morgan fingerprint density at radius 1 is 1.04 bits per heavy atom. The molecule has 1 N–H and O–H groups in total. The van der Waals surface area contributed by atoms with Crippen LogP contribution in [0.25, 0.3) is 0 Å². The highest BCUT2D eigenvalue weighted by Gasteiger charge is 2.05. The molecule has 1 heterocycles. The molecule has 6 nitrogen and oxygen atoms in total. The highest BCUT2D eigenvalue weighted by molar-refractivity contribution is 7.99. The fourth-order valence-electron chi connectivity index (χ4n) is 2.38. The van der Waals surface area contributed by atoms with Crippen molar-refractivity contribution in [2.75, 3.05) is 5.75 Å². The van der Waals surface area contributed by atoms with E-state index in [1.165, 1.54) is 11.8 Å². The zero-order chi connectivity index (χ0) is 19.8. The summed E-state index contributed by atoms with van der Waals surface area (Å²) in [5.74, 6) is 1.43. The van der Waals surface area contributed by atoms with Crippen LogP contribution in [-0.4, -0.2) is 27.8 Å². The van der Waals surface area contributed by atoms with Crippen molar-refractivity contribution >= 4 is 23.9 Å². The van der Waals surface area contributed by atoms with Crippen LogP contribution in [0.15, 0.2) is 70.9 Å². The van der Waals surface area contributed by atoms with Crippen LogP contribution in [-0.2, 0) is 4.79 Å². The number of amides is 1. The number of hydrazone groups is 1. The molecular weight excluding hydrogens is 372 g/mol. The van der Waals surface area contributed by atoms with Gasteiger partial charge < -0.3 is 4.74 Å². The van der Waals surface area contributed by atoms with Crippen LogP contribution in [0.5, 0.6) is 11.5 Å². The van der Waals surface area contributed by atoms with Gasteiger partial charge in [-0.2, -0.15) is 5.10 Å². The molecule has 3 rings (SSSR count). The highest BCUT2D eigenvalue weighted by Crippen LogP contribution is 2.21. The molecule has 142 valence electrons. The second kappa shape index (κ2) is 9.66. The molecule has 0 fully saturated rings. The first-order valence-corrected chi connectivity index (χ1v) is 9.67. The normalized spacial score (nSPS) is 10.8. The second-order valence-electron chi connectivity index (χ2n) is 6.00. The lowest BCUT2D eigenvalue weighted by Gasteiger charge is -2.05. The Bertz CT molecular complexity index is 957. The van der Waals surface area contributed by atoms with Crippen molar-refractivity contribution in [1.82, 2.24) is 15.4 Å². The van der Waals surface area contributed by atoms with E-state index in [9.17, 15) is 4.79 Å². The van der Waals surface area contributed by atoms with Crippen molar-refractivity contribution < 1.29 is 9.53 Å². The van der Waals surface area contributed by atoms with E-state index >= 15 is 0 Å². The van der Waals surface area contributed by atoms with Crippen LogP contribution < -0.4 is 10.2 Å². The number of carbonyl (C=O) groups excluding carboxylic acids is 1. The number of hydrogen-bond donors (Lipinski definition) is 1. The Morgan fingerprint density at radius 3 is 2.50 bits per heavy atom. The van der Waals surface area contributed by atoms with Crippen molar-refractivity contribution in [3.8, 4) is 11.5 Å². The lowest BCUT2D eigenvalue weighted by molar-refractivity contribution is -0.118. The van der Waals surface area contributed by atoms with Crippen molar-refractivity contribution in [3.63, 3.8) is 0 Å². The second-order valence-corrected chi connectivity index (χ2v) is 6.95. The molecule has 28 heavy (non-hydrogen) atoms. The predicted octanol–water partition coefficient (Wildman–Crippen LogP) is 4.13. The molecule has 0 unspecified atom stereocenters.